The average Bonchev–Trinajstić information content (AvgIpc) is 2.57. The zero-order valence-electron chi connectivity index (χ0n) is 10.6. The van der Waals surface area contributed by atoms with E-state index in [1.165, 1.54) is 10.6 Å². The van der Waals surface area contributed by atoms with Crippen molar-refractivity contribution < 1.29 is 4.79 Å². The van der Waals surface area contributed by atoms with Crippen molar-refractivity contribution in [2.45, 2.75) is 25.3 Å². The minimum absolute atomic E-state index is 0.0678. The van der Waals surface area contributed by atoms with E-state index in [2.05, 4.69) is 0 Å². The predicted molar refractivity (Wildman–Crippen MR) is 69.4 cm³/mol. The molecule has 18 heavy (non-hydrogen) atoms. The zero-order valence-corrected chi connectivity index (χ0v) is 10.6. The number of likely N-dealkylation sites (tertiary alicyclic amines) is 1. The Hall–Kier alpha value is -1.62. The Bertz CT molecular complexity index is 495. The Balaban J connectivity index is 2.15. The van der Waals surface area contributed by atoms with Crippen molar-refractivity contribution in [3.8, 4) is 0 Å². The first-order valence-corrected chi connectivity index (χ1v) is 6.29. The van der Waals surface area contributed by atoms with Crippen LogP contribution in [0.25, 0.3) is 0 Å². The van der Waals surface area contributed by atoms with Gasteiger partial charge in [-0.15, -0.1) is 0 Å². The molecule has 5 nitrogen and oxygen atoms in total. The Morgan fingerprint density at radius 3 is 2.89 bits per heavy atom. The Morgan fingerprint density at radius 2 is 2.17 bits per heavy atom. The maximum absolute atomic E-state index is 12.3. The summed E-state index contributed by atoms with van der Waals surface area (Å²) in [6.07, 6.45) is 4.34. The molecule has 2 rings (SSSR count). The smallest absolute Gasteiger partial charge is 0.254 e. The summed E-state index contributed by atoms with van der Waals surface area (Å²) in [5, 5.41) is 0. The molecule has 1 aliphatic heterocycles. The summed E-state index contributed by atoms with van der Waals surface area (Å²) >= 11 is 0. The molecule has 1 atom stereocenters. The van der Waals surface area contributed by atoms with E-state index < -0.39 is 0 Å². The first kappa shape index (κ1) is 12.8. The summed E-state index contributed by atoms with van der Waals surface area (Å²) in [5.74, 6) is -0.0678. The summed E-state index contributed by atoms with van der Waals surface area (Å²) in [6, 6.07) is 3.27. The van der Waals surface area contributed by atoms with E-state index in [1.54, 1.807) is 24.2 Å². The van der Waals surface area contributed by atoms with Gasteiger partial charge in [-0.05, 0) is 25.3 Å². The van der Waals surface area contributed by atoms with E-state index in [1.807, 2.05) is 0 Å². The Labute approximate surface area is 106 Å². The molecule has 1 aliphatic rings. The molecule has 5 heteroatoms. The van der Waals surface area contributed by atoms with E-state index >= 15 is 0 Å². The molecular weight excluding hydrogens is 230 g/mol. The number of nitrogens with zero attached hydrogens (tertiary/aromatic N) is 2. The first-order chi connectivity index (χ1) is 8.58. The van der Waals surface area contributed by atoms with Crippen molar-refractivity contribution in [2.24, 2.45) is 12.8 Å². The molecule has 0 aromatic carbocycles. The quantitative estimate of drug-likeness (QED) is 0.780. The lowest BCUT2D eigenvalue weighted by atomic mass is 10.1. The normalized spacial score (nSPS) is 20.6. The molecule has 98 valence electrons. The van der Waals surface area contributed by atoms with E-state index in [9.17, 15) is 9.59 Å². The summed E-state index contributed by atoms with van der Waals surface area (Å²) < 4.78 is 1.45. The van der Waals surface area contributed by atoms with Crippen molar-refractivity contribution in [2.75, 3.05) is 13.1 Å². The van der Waals surface area contributed by atoms with Gasteiger partial charge in [0.25, 0.3) is 11.5 Å². The van der Waals surface area contributed by atoms with Crippen molar-refractivity contribution in [1.29, 1.82) is 0 Å². The number of aromatic nitrogens is 1. The lowest BCUT2D eigenvalue weighted by molar-refractivity contribution is 0.0761. The van der Waals surface area contributed by atoms with Gasteiger partial charge in [0.1, 0.15) is 0 Å². The third-order valence-electron chi connectivity index (χ3n) is 3.41. The van der Waals surface area contributed by atoms with E-state index in [0.29, 0.717) is 12.1 Å². The summed E-state index contributed by atoms with van der Waals surface area (Å²) in [6.45, 7) is 1.40. The minimum atomic E-state index is -0.160. The van der Waals surface area contributed by atoms with Gasteiger partial charge in [-0.1, -0.05) is 0 Å². The van der Waals surface area contributed by atoms with Gasteiger partial charge in [0.05, 0.1) is 0 Å². The second-order valence-electron chi connectivity index (χ2n) is 4.85. The highest BCUT2D eigenvalue weighted by atomic mass is 16.2. The lowest BCUT2D eigenvalue weighted by Gasteiger charge is -2.20. The molecular formula is C13H19N3O2. The molecule has 1 saturated heterocycles. The monoisotopic (exact) mass is 249 g/mol. The van der Waals surface area contributed by atoms with Gasteiger partial charge in [-0.3, -0.25) is 9.59 Å². The van der Waals surface area contributed by atoms with Gasteiger partial charge in [0.2, 0.25) is 0 Å². The number of hydrogen-bond donors (Lipinski definition) is 1. The highest BCUT2D eigenvalue weighted by molar-refractivity contribution is 5.94. The molecule has 2 heterocycles. The van der Waals surface area contributed by atoms with Crippen LogP contribution in [-0.2, 0) is 7.05 Å². The minimum Gasteiger partial charge on any atom is -0.339 e. The fourth-order valence-electron chi connectivity index (χ4n) is 2.19. The standard InChI is InChI=1S/C13H19N3O2/c1-15-7-4-10(9-12(15)17)13(18)16-6-2-3-11(14)5-8-16/h4,7,9,11H,2-3,5-6,8,14H2,1H3. The Morgan fingerprint density at radius 1 is 1.39 bits per heavy atom. The number of pyridine rings is 1. The second-order valence-corrected chi connectivity index (χ2v) is 4.85. The van der Waals surface area contributed by atoms with Gasteiger partial charge in [-0.2, -0.15) is 0 Å². The number of carbonyl (C=O) groups excluding carboxylic acids is 1. The van der Waals surface area contributed by atoms with Crippen molar-refractivity contribution in [1.82, 2.24) is 9.47 Å². The van der Waals surface area contributed by atoms with Crippen molar-refractivity contribution >= 4 is 5.91 Å². The molecule has 1 fully saturated rings. The van der Waals surface area contributed by atoms with Gasteiger partial charge < -0.3 is 15.2 Å². The molecule has 1 amide bonds. The molecule has 1 aromatic rings. The fraction of sp³-hybridized carbons (Fsp3) is 0.538. The lowest BCUT2D eigenvalue weighted by Crippen LogP contribution is -2.33. The van der Waals surface area contributed by atoms with Gasteiger partial charge >= 0.3 is 0 Å². The number of nitrogens with two attached hydrogens (primary N) is 1. The number of aryl methyl sites for hydroxylation is 1. The van der Waals surface area contributed by atoms with Crippen LogP contribution < -0.4 is 11.3 Å². The molecule has 0 aliphatic carbocycles. The van der Waals surface area contributed by atoms with Crippen molar-refractivity contribution in [3.05, 3.63) is 34.2 Å². The van der Waals surface area contributed by atoms with Crippen LogP contribution in [0.2, 0.25) is 0 Å². The van der Waals surface area contributed by atoms with Crippen LogP contribution in [0.1, 0.15) is 29.6 Å². The second kappa shape index (κ2) is 5.35. The number of carbonyl (C=O) groups is 1. The third-order valence-corrected chi connectivity index (χ3v) is 3.41. The van der Waals surface area contributed by atoms with Crippen LogP contribution in [0.5, 0.6) is 0 Å². The average molecular weight is 249 g/mol. The molecule has 1 aromatic heterocycles. The number of hydrogen-bond acceptors (Lipinski definition) is 3. The van der Waals surface area contributed by atoms with Crippen molar-refractivity contribution in [3.63, 3.8) is 0 Å². The predicted octanol–water partition coefficient (Wildman–Crippen LogP) is 0.339. The summed E-state index contributed by atoms with van der Waals surface area (Å²) in [5.41, 5.74) is 6.19. The highest BCUT2D eigenvalue weighted by Crippen LogP contribution is 2.12. The number of rotatable bonds is 1. The van der Waals surface area contributed by atoms with Crippen LogP contribution in [-0.4, -0.2) is 34.5 Å². The maximum atomic E-state index is 12.3. The largest absolute Gasteiger partial charge is 0.339 e. The SMILES string of the molecule is Cn1ccc(C(=O)N2CCCC(N)CC2)cc1=O. The number of amides is 1. The fourth-order valence-corrected chi connectivity index (χ4v) is 2.19. The van der Waals surface area contributed by atoms with E-state index in [4.69, 9.17) is 5.73 Å². The van der Waals surface area contributed by atoms with E-state index in [-0.39, 0.29) is 17.5 Å². The molecule has 0 spiro atoms. The summed E-state index contributed by atoms with van der Waals surface area (Å²) in [7, 11) is 1.67. The zero-order chi connectivity index (χ0) is 13.1. The molecule has 1 unspecified atom stereocenters. The third kappa shape index (κ3) is 2.79. The first-order valence-electron chi connectivity index (χ1n) is 6.29. The van der Waals surface area contributed by atoms with Crippen LogP contribution in [0.15, 0.2) is 23.1 Å². The molecule has 0 bridgehead atoms. The Kier molecular flexibility index (Phi) is 3.81. The van der Waals surface area contributed by atoms with Crippen LogP contribution in [0, 0.1) is 0 Å². The summed E-state index contributed by atoms with van der Waals surface area (Å²) in [4.78, 5) is 25.6. The van der Waals surface area contributed by atoms with Crippen LogP contribution in [0.3, 0.4) is 0 Å². The maximum Gasteiger partial charge on any atom is 0.254 e. The van der Waals surface area contributed by atoms with Crippen LogP contribution in [0.4, 0.5) is 0 Å². The van der Waals surface area contributed by atoms with Gasteiger partial charge in [0.15, 0.2) is 0 Å². The van der Waals surface area contributed by atoms with Crippen LogP contribution >= 0.6 is 0 Å². The molecule has 0 radical (unpaired) electrons. The molecule has 2 N–H and O–H groups in total. The van der Waals surface area contributed by atoms with Gasteiger partial charge in [-0.25, -0.2) is 0 Å². The van der Waals surface area contributed by atoms with E-state index in [0.717, 1.165) is 25.8 Å². The highest BCUT2D eigenvalue weighted by Gasteiger charge is 2.20. The topological polar surface area (TPSA) is 68.3 Å². The van der Waals surface area contributed by atoms with Gasteiger partial charge in [0, 0.05) is 44.0 Å². The molecule has 0 saturated carbocycles.